The molecule has 0 atom stereocenters. The lowest BCUT2D eigenvalue weighted by molar-refractivity contribution is 0.0921. The average molecular weight is 330 g/mol. The highest BCUT2D eigenvalue weighted by Gasteiger charge is 2.12. The van der Waals surface area contributed by atoms with Crippen molar-refractivity contribution in [1.29, 1.82) is 0 Å². The highest BCUT2D eigenvalue weighted by Crippen LogP contribution is 2.24. The maximum absolute atomic E-state index is 12.1. The van der Waals surface area contributed by atoms with Crippen LogP contribution in [0.4, 0.5) is 0 Å². The van der Waals surface area contributed by atoms with Gasteiger partial charge in [0.05, 0.1) is 5.02 Å². The summed E-state index contributed by atoms with van der Waals surface area (Å²) in [7, 11) is 0. The van der Waals surface area contributed by atoms with Crippen molar-refractivity contribution in [1.82, 2.24) is 0 Å². The van der Waals surface area contributed by atoms with E-state index in [2.05, 4.69) is 0 Å². The minimum atomic E-state index is -0.230. The highest BCUT2D eigenvalue weighted by atomic mass is 35.5. The number of ether oxygens (including phenoxy) is 1. The van der Waals surface area contributed by atoms with Crippen LogP contribution >= 0.6 is 34.8 Å². The van der Waals surface area contributed by atoms with Crippen LogP contribution in [-0.2, 0) is 0 Å². The molecule has 104 valence electrons. The zero-order chi connectivity index (χ0) is 14.7. The van der Waals surface area contributed by atoms with Crippen LogP contribution in [0.15, 0.2) is 36.4 Å². The van der Waals surface area contributed by atoms with E-state index in [4.69, 9.17) is 39.5 Å². The molecule has 0 unspecified atom stereocenters. The molecule has 0 heterocycles. The molecular formula is C15H11Cl3O2. The number of benzene rings is 2. The van der Waals surface area contributed by atoms with Gasteiger partial charge < -0.3 is 4.74 Å². The molecule has 0 bridgehead atoms. The van der Waals surface area contributed by atoms with Gasteiger partial charge in [-0.05, 0) is 48.9 Å². The fraction of sp³-hybridized carbons (Fsp3) is 0.133. The lowest BCUT2D eigenvalue weighted by Gasteiger charge is -2.09. The number of carbonyl (C=O) groups is 1. The third-order valence-corrected chi connectivity index (χ3v) is 3.52. The largest absolute Gasteiger partial charge is 0.485 e. The van der Waals surface area contributed by atoms with E-state index in [-0.39, 0.29) is 12.4 Å². The van der Waals surface area contributed by atoms with Crippen LogP contribution in [-0.4, -0.2) is 12.4 Å². The minimum absolute atomic E-state index is 0.109. The molecule has 2 rings (SSSR count). The van der Waals surface area contributed by atoms with Crippen molar-refractivity contribution in [2.75, 3.05) is 6.61 Å². The van der Waals surface area contributed by atoms with Crippen molar-refractivity contribution in [3.8, 4) is 5.75 Å². The lowest BCUT2D eigenvalue weighted by Crippen LogP contribution is -2.12. The van der Waals surface area contributed by atoms with Crippen LogP contribution in [0.2, 0.25) is 15.1 Å². The number of aryl methyl sites for hydroxylation is 1. The zero-order valence-corrected chi connectivity index (χ0v) is 12.9. The molecule has 0 saturated carbocycles. The van der Waals surface area contributed by atoms with Gasteiger partial charge >= 0.3 is 0 Å². The highest BCUT2D eigenvalue weighted by molar-refractivity contribution is 6.36. The second kappa shape index (κ2) is 6.49. The summed E-state index contributed by atoms with van der Waals surface area (Å²) >= 11 is 17.7. The Balaban J connectivity index is 2.10. The third kappa shape index (κ3) is 3.66. The first-order valence-corrected chi connectivity index (χ1v) is 6.98. The molecule has 2 aromatic rings. The van der Waals surface area contributed by atoms with Gasteiger partial charge in [0.2, 0.25) is 5.78 Å². The average Bonchev–Trinajstić information content (AvgIpc) is 2.40. The van der Waals surface area contributed by atoms with Crippen LogP contribution in [0.5, 0.6) is 5.75 Å². The number of ketones is 1. The summed E-state index contributed by atoms with van der Waals surface area (Å²) in [6.45, 7) is 1.75. The van der Waals surface area contributed by atoms with Gasteiger partial charge in [0.15, 0.2) is 6.61 Å². The molecule has 0 aromatic heterocycles. The summed E-state index contributed by atoms with van der Waals surface area (Å²) in [5, 5.41) is 1.44. The van der Waals surface area contributed by atoms with Gasteiger partial charge in [0, 0.05) is 15.6 Å². The molecule has 0 fully saturated rings. The molecule has 0 spiro atoms. The predicted octanol–water partition coefficient (Wildman–Crippen LogP) is 5.22. The van der Waals surface area contributed by atoms with Crippen molar-refractivity contribution in [2.45, 2.75) is 6.92 Å². The number of hydrogen-bond donors (Lipinski definition) is 0. The molecule has 0 aliphatic rings. The minimum Gasteiger partial charge on any atom is -0.485 e. The Kier molecular flexibility index (Phi) is 4.92. The van der Waals surface area contributed by atoms with Crippen molar-refractivity contribution in [3.05, 3.63) is 62.6 Å². The quantitative estimate of drug-likeness (QED) is 0.719. The monoisotopic (exact) mass is 328 g/mol. The van der Waals surface area contributed by atoms with Crippen LogP contribution in [0.1, 0.15) is 15.9 Å². The number of Topliss-reactive ketones (excluding diaryl/α,β-unsaturated/α-hetero) is 1. The molecule has 0 amide bonds. The summed E-state index contributed by atoms with van der Waals surface area (Å²) in [4.78, 5) is 12.1. The molecule has 2 aromatic carbocycles. The first kappa shape index (κ1) is 15.2. The Morgan fingerprint density at radius 2 is 1.70 bits per heavy atom. The van der Waals surface area contributed by atoms with Gasteiger partial charge in [-0.15, -0.1) is 0 Å². The number of halogens is 3. The Bertz CT molecular complexity index is 654. The molecular weight excluding hydrogens is 319 g/mol. The Morgan fingerprint density at radius 3 is 2.40 bits per heavy atom. The molecule has 0 saturated heterocycles. The van der Waals surface area contributed by atoms with E-state index in [9.17, 15) is 4.79 Å². The molecule has 0 aliphatic heterocycles. The van der Waals surface area contributed by atoms with E-state index in [0.717, 1.165) is 5.56 Å². The topological polar surface area (TPSA) is 26.3 Å². The fourth-order valence-corrected chi connectivity index (χ4v) is 2.33. The normalized spacial score (nSPS) is 10.4. The number of hydrogen-bond acceptors (Lipinski definition) is 2. The first-order valence-electron chi connectivity index (χ1n) is 5.84. The van der Waals surface area contributed by atoms with E-state index in [1.165, 1.54) is 6.07 Å². The molecule has 20 heavy (non-hydrogen) atoms. The van der Waals surface area contributed by atoms with Crippen molar-refractivity contribution in [3.63, 3.8) is 0 Å². The van der Waals surface area contributed by atoms with Crippen molar-refractivity contribution < 1.29 is 9.53 Å². The SMILES string of the molecule is Cc1cc(Cl)ccc1OCC(=O)c1cc(Cl)ccc1Cl. The summed E-state index contributed by atoms with van der Waals surface area (Å²) in [5.74, 6) is 0.382. The van der Waals surface area contributed by atoms with Gasteiger partial charge in [0.25, 0.3) is 0 Å². The van der Waals surface area contributed by atoms with Crippen LogP contribution in [0, 0.1) is 6.92 Å². The van der Waals surface area contributed by atoms with Crippen LogP contribution in [0.3, 0.4) is 0 Å². The van der Waals surface area contributed by atoms with Gasteiger partial charge in [-0.1, -0.05) is 34.8 Å². The van der Waals surface area contributed by atoms with Crippen molar-refractivity contribution in [2.24, 2.45) is 0 Å². The van der Waals surface area contributed by atoms with E-state index in [1.54, 1.807) is 30.3 Å². The lowest BCUT2D eigenvalue weighted by atomic mass is 10.1. The molecule has 2 nitrogen and oxygen atoms in total. The number of carbonyl (C=O) groups excluding carboxylic acids is 1. The predicted molar refractivity (Wildman–Crippen MR) is 82.5 cm³/mol. The van der Waals surface area contributed by atoms with E-state index in [0.29, 0.717) is 26.4 Å². The van der Waals surface area contributed by atoms with Gasteiger partial charge in [-0.2, -0.15) is 0 Å². The maximum atomic E-state index is 12.1. The van der Waals surface area contributed by atoms with Gasteiger partial charge in [-0.25, -0.2) is 0 Å². The van der Waals surface area contributed by atoms with Gasteiger partial charge in [-0.3, -0.25) is 4.79 Å². The molecule has 0 aliphatic carbocycles. The smallest absolute Gasteiger partial charge is 0.201 e. The summed E-state index contributed by atoms with van der Waals surface area (Å²) in [6, 6.07) is 9.96. The van der Waals surface area contributed by atoms with Crippen LogP contribution < -0.4 is 4.74 Å². The second-order valence-corrected chi connectivity index (χ2v) is 5.53. The third-order valence-electron chi connectivity index (χ3n) is 2.72. The molecule has 0 N–H and O–H groups in total. The number of rotatable bonds is 4. The molecule has 0 radical (unpaired) electrons. The Labute approximate surface area is 132 Å². The fourth-order valence-electron chi connectivity index (χ4n) is 1.71. The maximum Gasteiger partial charge on any atom is 0.201 e. The van der Waals surface area contributed by atoms with E-state index < -0.39 is 0 Å². The summed E-state index contributed by atoms with van der Waals surface area (Å²) in [6.07, 6.45) is 0. The zero-order valence-electron chi connectivity index (χ0n) is 10.6. The first-order chi connectivity index (χ1) is 9.47. The van der Waals surface area contributed by atoms with E-state index in [1.807, 2.05) is 6.92 Å². The van der Waals surface area contributed by atoms with Crippen molar-refractivity contribution >= 4 is 40.6 Å². The summed E-state index contributed by atoms with van der Waals surface area (Å²) < 4.78 is 5.49. The standard InChI is InChI=1S/C15H11Cl3O2/c1-9-6-10(16)3-5-15(9)20-8-14(19)12-7-11(17)2-4-13(12)18/h2-7H,8H2,1H3. The second-order valence-electron chi connectivity index (χ2n) is 4.25. The summed E-state index contributed by atoms with van der Waals surface area (Å²) in [5.41, 5.74) is 1.22. The Hall–Kier alpha value is -1.22. The Morgan fingerprint density at radius 1 is 1.05 bits per heavy atom. The molecule has 5 heteroatoms. The van der Waals surface area contributed by atoms with E-state index >= 15 is 0 Å². The van der Waals surface area contributed by atoms with Crippen LogP contribution in [0.25, 0.3) is 0 Å². The van der Waals surface area contributed by atoms with Gasteiger partial charge in [0.1, 0.15) is 5.75 Å².